The van der Waals surface area contributed by atoms with Crippen LogP contribution in [0.15, 0.2) is 50.2 Å². The van der Waals surface area contributed by atoms with Gasteiger partial charge in [-0.3, -0.25) is 9.36 Å². The number of benzene rings is 1. The van der Waals surface area contributed by atoms with Gasteiger partial charge in [0, 0.05) is 12.6 Å². The van der Waals surface area contributed by atoms with Gasteiger partial charge in [0.2, 0.25) is 0 Å². The molecule has 8 heteroatoms. The van der Waals surface area contributed by atoms with Crippen LogP contribution in [0.2, 0.25) is 0 Å². The van der Waals surface area contributed by atoms with Crippen molar-refractivity contribution in [2.75, 3.05) is 0 Å². The van der Waals surface area contributed by atoms with Gasteiger partial charge in [0.1, 0.15) is 4.70 Å². The van der Waals surface area contributed by atoms with Crippen molar-refractivity contribution >= 4 is 33.3 Å². The van der Waals surface area contributed by atoms with Crippen LogP contribution < -0.4 is 5.56 Å². The Hall–Kier alpha value is -2.45. The molecular weight excluding hydrogens is 356 g/mol. The molecule has 126 valence electrons. The molecule has 3 heterocycles. The molecule has 1 aromatic carbocycles. The average Bonchev–Trinajstić information content (AvgIpc) is 3.27. The van der Waals surface area contributed by atoms with Gasteiger partial charge in [0.15, 0.2) is 11.0 Å². The zero-order valence-corrected chi connectivity index (χ0v) is 15.2. The number of nitrogens with zero attached hydrogens (tertiary/aromatic N) is 4. The molecule has 3 aromatic heterocycles. The van der Waals surface area contributed by atoms with E-state index in [1.807, 2.05) is 42.6 Å². The van der Waals surface area contributed by atoms with Crippen LogP contribution in [0.4, 0.5) is 0 Å². The van der Waals surface area contributed by atoms with Crippen LogP contribution in [0, 0.1) is 6.92 Å². The van der Waals surface area contributed by atoms with E-state index >= 15 is 0 Å². The van der Waals surface area contributed by atoms with Gasteiger partial charge in [-0.25, -0.2) is 4.98 Å². The summed E-state index contributed by atoms with van der Waals surface area (Å²) in [4.78, 5) is 21.3. The zero-order chi connectivity index (χ0) is 17.4. The summed E-state index contributed by atoms with van der Waals surface area (Å²) in [5, 5.41) is 6.53. The lowest BCUT2D eigenvalue weighted by atomic mass is 10.1. The second-order valence-electron chi connectivity index (χ2n) is 5.56. The molecule has 0 unspecified atom stereocenters. The minimum Gasteiger partial charge on any atom is -0.334 e. The summed E-state index contributed by atoms with van der Waals surface area (Å²) in [6, 6.07) is 9.77. The normalized spacial score (nSPS) is 11.3. The summed E-state index contributed by atoms with van der Waals surface area (Å²) in [5.74, 6) is 1.54. The molecule has 0 saturated carbocycles. The second kappa shape index (κ2) is 6.45. The monoisotopic (exact) mass is 370 g/mol. The van der Waals surface area contributed by atoms with Crippen molar-refractivity contribution in [2.24, 2.45) is 7.05 Å². The first kappa shape index (κ1) is 16.0. The molecule has 0 radical (unpaired) electrons. The first-order valence-electron chi connectivity index (χ1n) is 7.58. The third-order valence-corrected chi connectivity index (χ3v) is 5.66. The molecule has 6 nitrogen and oxygen atoms in total. The number of rotatable bonds is 4. The van der Waals surface area contributed by atoms with Crippen molar-refractivity contribution in [1.82, 2.24) is 19.7 Å². The van der Waals surface area contributed by atoms with Crippen LogP contribution in [0.3, 0.4) is 0 Å². The number of fused-ring (bicyclic) bond motifs is 1. The maximum atomic E-state index is 12.3. The maximum Gasteiger partial charge on any atom is 0.271 e. The summed E-state index contributed by atoms with van der Waals surface area (Å²) in [5.41, 5.74) is 2.76. The minimum absolute atomic E-state index is 0.0315. The number of thiophene rings is 1. The van der Waals surface area contributed by atoms with E-state index < -0.39 is 0 Å². The molecule has 0 N–H and O–H groups in total. The number of aromatic nitrogens is 4. The zero-order valence-electron chi connectivity index (χ0n) is 13.6. The molecule has 0 amide bonds. The van der Waals surface area contributed by atoms with Gasteiger partial charge in [-0.1, -0.05) is 34.6 Å². The minimum atomic E-state index is -0.0315. The Balaban J connectivity index is 1.55. The largest absolute Gasteiger partial charge is 0.334 e. The van der Waals surface area contributed by atoms with Gasteiger partial charge in [-0.15, -0.1) is 11.3 Å². The fraction of sp³-hybridized carbons (Fsp3) is 0.176. The second-order valence-corrected chi connectivity index (χ2v) is 7.42. The average molecular weight is 370 g/mol. The summed E-state index contributed by atoms with van der Waals surface area (Å²) in [6.45, 7) is 2.03. The lowest BCUT2D eigenvalue weighted by Gasteiger charge is -2.05. The van der Waals surface area contributed by atoms with Crippen LogP contribution >= 0.6 is 23.1 Å². The molecule has 0 bridgehead atoms. The smallest absolute Gasteiger partial charge is 0.271 e. The third kappa shape index (κ3) is 3.10. The molecular formula is C17H14N4O2S2. The lowest BCUT2D eigenvalue weighted by molar-refractivity contribution is 0.425. The quantitative estimate of drug-likeness (QED) is 0.403. The molecule has 25 heavy (non-hydrogen) atoms. The molecule has 4 aromatic rings. The molecule has 0 aliphatic carbocycles. The van der Waals surface area contributed by atoms with Crippen molar-refractivity contribution in [2.45, 2.75) is 17.8 Å². The SMILES string of the molecule is Cc1ccc(-c2nc(CSc3nc4ccsc4c(=O)n3C)no2)cc1. The first-order valence-corrected chi connectivity index (χ1v) is 9.45. The Morgan fingerprint density at radius 3 is 2.80 bits per heavy atom. The van der Waals surface area contributed by atoms with Crippen molar-refractivity contribution in [3.8, 4) is 11.5 Å². The molecule has 0 atom stereocenters. The number of aryl methyl sites for hydroxylation is 1. The van der Waals surface area contributed by atoms with E-state index in [4.69, 9.17) is 4.52 Å². The van der Waals surface area contributed by atoms with Gasteiger partial charge in [0.05, 0.1) is 11.3 Å². The van der Waals surface area contributed by atoms with Crippen LogP contribution in [0.25, 0.3) is 21.7 Å². The third-order valence-electron chi connectivity index (χ3n) is 3.74. The van der Waals surface area contributed by atoms with E-state index in [2.05, 4.69) is 15.1 Å². The van der Waals surface area contributed by atoms with E-state index in [1.165, 1.54) is 28.7 Å². The fourth-order valence-electron chi connectivity index (χ4n) is 2.35. The van der Waals surface area contributed by atoms with Gasteiger partial charge in [-0.2, -0.15) is 4.98 Å². The standard InChI is InChI=1S/C17H14N4O2S2/c1-10-3-5-11(6-4-10)15-19-13(20-23-15)9-25-17-18-12-7-8-24-14(12)16(22)21(17)2/h3-8H,9H2,1-2H3. The highest BCUT2D eigenvalue weighted by molar-refractivity contribution is 7.98. The maximum absolute atomic E-state index is 12.3. The van der Waals surface area contributed by atoms with E-state index in [1.54, 1.807) is 11.6 Å². The highest BCUT2D eigenvalue weighted by Crippen LogP contribution is 2.24. The highest BCUT2D eigenvalue weighted by Gasteiger charge is 2.13. The van der Waals surface area contributed by atoms with Gasteiger partial charge in [0.25, 0.3) is 11.4 Å². The van der Waals surface area contributed by atoms with E-state index in [0.717, 1.165) is 11.1 Å². The molecule has 0 spiro atoms. The Bertz CT molecular complexity index is 1100. The van der Waals surface area contributed by atoms with Crippen molar-refractivity contribution in [1.29, 1.82) is 0 Å². The highest BCUT2D eigenvalue weighted by atomic mass is 32.2. The van der Waals surface area contributed by atoms with Crippen LogP contribution in [-0.4, -0.2) is 19.7 Å². The molecule has 0 aliphatic heterocycles. The van der Waals surface area contributed by atoms with E-state index in [0.29, 0.717) is 27.3 Å². The molecule has 0 fully saturated rings. The van der Waals surface area contributed by atoms with Crippen molar-refractivity contribution in [3.63, 3.8) is 0 Å². The van der Waals surface area contributed by atoms with Crippen LogP contribution in [0.5, 0.6) is 0 Å². The molecule has 0 saturated heterocycles. The van der Waals surface area contributed by atoms with Crippen molar-refractivity contribution in [3.05, 3.63) is 57.5 Å². The summed E-state index contributed by atoms with van der Waals surface area (Å²) < 4.78 is 7.56. The number of hydrogen-bond donors (Lipinski definition) is 0. The number of thioether (sulfide) groups is 1. The summed E-state index contributed by atoms with van der Waals surface area (Å²) >= 11 is 2.82. The van der Waals surface area contributed by atoms with E-state index in [9.17, 15) is 4.79 Å². The Morgan fingerprint density at radius 1 is 1.20 bits per heavy atom. The molecule has 4 rings (SSSR count). The topological polar surface area (TPSA) is 73.8 Å². The van der Waals surface area contributed by atoms with E-state index in [-0.39, 0.29) is 5.56 Å². The first-order chi connectivity index (χ1) is 12.1. The van der Waals surface area contributed by atoms with Crippen LogP contribution in [0.1, 0.15) is 11.4 Å². The predicted molar refractivity (Wildman–Crippen MR) is 98.9 cm³/mol. The Labute approximate surface area is 151 Å². The van der Waals surface area contributed by atoms with Crippen LogP contribution in [-0.2, 0) is 12.8 Å². The Morgan fingerprint density at radius 2 is 2.00 bits per heavy atom. The van der Waals surface area contributed by atoms with Crippen molar-refractivity contribution < 1.29 is 4.52 Å². The van der Waals surface area contributed by atoms with Gasteiger partial charge in [-0.05, 0) is 30.5 Å². The van der Waals surface area contributed by atoms with Gasteiger partial charge < -0.3 is 4.52 Å². The lowest BCUT2D eigenvalue weighted by Crippen LogP contribution is -2.18. The van der Waals surface area contributed by atoms with Gasteiger partial charge >= 0.3 is 0 Å². The summed E-state index contributed by atoms with van der Waals surface area (Å²) in [6.07, 6.45) is 0. The summed E-state index contributed by atoms with van der Waals surface area (Å²) in [7, 11) is 1.73. The molecule has 0 aliphatic rings. The number of hydrogen-bond acceptors (Lipinski definition) is 7. The Kier molecular flexibility index (Phi) is 4.14. The predicted octanol–water partition coefficient (Wildman–Crippen LogP) is 3.65. The fourth-order valence-corrected chi connectivity index (χ4v) is 3.97.